The van der Waals surface area contributed by atoms with Gasteiger partial charge in [-0.3, -0.25) is 9.78 Å². The van der Waals surface area contributed by atoms with Crippen LogP contribution in [0.25, 0.3) is 0 Å². The number of guanidine groups is 1. The van der Waals surface area contributed by atoms with Gasteiger partial charge in [-0.05, 0) is 37.6 Å². The van der Waals surface area contributed by atoms with E-state index in [1.165, 1.54) is 18.3 Å². The van der Waals surface area contributed by atoms with Crippen LogP contribution in [-0.4, -0.2) is 49.1 Å². The number of nitrogens with one attached hydrogen (secondary N) is 3. The summed E-state index contributed by atoms with van der Waals surface area (Å²) in [4.78, 5) is 20.5. The predicted octanol–water partition coefficient (Wildman–Crippen LogP) is 2.98. The highest BCUT2D eigenvalue weighted by molar-refractivity contribution is 14.0. The molecule has 1 heterocycles. The Morgan fingerprint density at radius 1 is 1.17 bits per heavy atom. The van der Waals surface area contributed by atoms with E-state index >= 15 is 0 Å². The molecule has 1 amide bonds. The van der Waals surface area contributed by atoms with Crippen molar-refractivity contribution in [1.29, 1.82) is 0 Å². The van der Waals surface area contributed by atoms with Crippen LogP contribution in [0.2, 0.25) is 0 Å². The zero-order chi connectivity index (χ0) is 20.9. The SMILES string of the molecule is CCNC(=NCC(CC)Oc1cccc(F)c1)NCCNC(=O)c1cccnc1.I. The number of amides is 1. The number of ether oxygens (including phenoxy) is 1. The third-order valence-corrected chi connectivity index (χ3v) is 3.98. The summed E-state index contributed by atoms with van der Waals surface area (Å²) in [6, 6.07) is 9.52. The first-order valence-electron chi connectivity index (χ1n) is 9.75. The average Bonchev–Trinajstić information content (AvgIpc) is 2.74. The minimum Gasteiger partial charge on any atom is -0.488 e. The van der Waals surface area contributed by atoms with E-state index in [1.54, 1.807) is 30.5 Å². The Labute approximate surface area is 193 Å². The fourth-order valence-electron chi connectivity index (χ4n) is 2.47. The molecule has 0 spiro atoms. The van der Waals surface area contributed by atoms with Crippen molar-refractivity contribution in [3.63, 3.8) is 0 Å². The van der Waals surface area contributed by atoms with Gasteiger partial charge in [0.2, 0.25) is 0 Å². The van der Waals surface area contributed by atoms with Crippen molar-refractivity contribution in [1.82, 2.24) is 20.9 Å². The van der Waals surface area contributed by atoms with E-state index in [0.29, 0.717) is 43.5 Å². The molecule has 0 radical (unpaired) electrons. The van der Waals surface area contributed by atoms with E-state index in [4.69, 9.17) is 4.74 Å². The van der Waals surface area contributed by atoms with Crippen LogP contribution < -0.4 is 20.7 Å². The highest BCUT2D eigenvalue weighted by atomic mass is 127. The summed E-state index contributed by atoms with van der Waals surface area (Å²) in [7, 11) is 0. The van der Waals surface area contributed by atoms with Crippen LogP contribution in [-0.2, 0) is 0 Å². The fraction of sp³-hybridized carbons (Fsp3) is 0.381. The number of pyridine rings is 1. The lowest BCUT2D eigenvalue weighted by molar-refractivity contribution is 0.0954. The Bertz CT molecular complexity index is 792. The quantitative estimate of drug-likeness (QED) is 0.191. The van der Waals surface area contributed by atoms with Crippen LogP contribution in [0.4, 0.5) is 4.39 Å². The van der Waals surface area contributed by atoms with Gasteiger partial charge in [0.1, 0.15) is 17.7 Å². The minimum absolute atomic E-state index is 0. The summed E-state index contributed by atoms with van der Waals surface area (Å²) in [6.07, 6.45) is 3.72. The number of aliphatic imine (C=N–C) groups is 1. The Kier molecular flexibility index (Phi) is 12.4. The van der Waals surface area contributed by atoms with Crippen LogP contribution in [0.1, 0.15) is 30.6 Å². The molecule has 0 saturated heterocycles. The van der Waals surface area contributed by atoms with Gasteiger partial charge in [0.05, 0.1) is 12.1 Å². The molecule has 3 N–H and O–H groups in total. The van der Waals surface area contributed by atoms with E-state index < -0.39 is 0 Å². The second kappa shape index (κ2) is 14.5. The largest absolute Gasteiger partial charge is 0.488 e. The van der Waals surface area contributed by atoms with Gasteiger partial charge in [0.15, 0.2) is 5.96 Å². The van der Waals surface area contributed by atoms with Crippen LogP contribution in [0.15, 0.2) is 53.8 Å². The summed E-state index contributed by atoms with van der Waals surface area (Å²) < 4.78 is 19.1. The summed E-state index contributed by atoms with van der Waals surface area (Å²) >= 11 is 0. The topological polar surface area (TPSA) is 87.6 Å². The predicted molar refractivity (Wildman–Crippen MR) is 127 cm³/mol. The number of halogens is 2. The van der Waals surface area contributed by atoms with Gasteiger partial charge in [-0.15, -0.1) is 24.0 Å². The van der Waals surface area contributed by atoms with Crippen molar-refractivity contribution in [2.75, 3.05) is 26.2 Å². The Balaban J connectivity index is 0.00000450. The third-order valence-electron chi connectivity index (χ3n) is 3.98. The van der Waals surface area contributed by atoms with Crippen molar-refractivity contribution in [3.05, 3.63) is 60.2 Å². The summed E-state index contributed by atoms with van der Waals surface area (Å²) in [6.45, 7) is 6.05. The van der Waals surface area contributed by atoms with Gasteiger partial charge in [-0.1, -0.05) is 13.0 Å². The first-order valence-corrected chi connectivity index (χ1v) is 9.75. The van der Waals surface area contributed by atoms with Crippen molar-refractivity contribution in [2.45, 2.75) is 26.4 Å². The molecule has 0 saturated carbocycles. The second-order valence-electron chi connectivity index (χ2n) is 6.25. The molecule has 1 atom stereocenters. The molecule has 1 aromatic heterocycles. The van der Waals surface area contributed by atoms with Crippen LogP contribution in [0, 0.1) is 5.82 Å². The smallest absolute Gasteiger partial charge is 0.252 e. The molecule has 1 aromatic carbocycles. The number of aromatic nitrogens is 1. The molecule has 0 aliphatic rings. The highest BCUT2D eigenvalue weighted by Crippen LogP contribution is 2.15. The van der Waals surface area contributed by atoms with E-state index in [0.717, 1.165) is 6.42 Å². The average molecular weight is 529 g/mol. The first kappa shape index (κ1) is 25.6. The lowest BCUT2D eigenvalue weighted by Gasteiger charge is -2.17. The number of nitrogens with zero attached hydrogens (tertiary/aromatic N) is 2. The molecule has 164 valence electrons. The van der Waals surface area contributed by atoms with Gasteiger partial charge < -0.3 is 20.7 Å². The number of hydrogen-bond acceptors (Lipinski definition) is 4. The molecule has 2 rings (SSSR count). The van der Waals surface area contributed by atoms with Gasteiger partial charge >= 0.3 is 0 Å². The van der Waals surface area contributed by atoms with Gasteiger partial charge in [-0.2, -0.15) is 0 Å². The van der Waals surface area contributed by atoms with Crippen molar-refractivity contribution >= 4 is 35.8 Å². The monoisotopic (exact) mass is 529 g/mol. The maximum absolute atomic E-state index is 13.3. The number of benzene rings is 1. The second-order valence-corrected chi connectivity index (χ2v) is 6.25. The van der Waals surface area contributed by atoms with Crippen molar-refractivity contribution in [3.8, 4) is 5.75 Å². The molecule has 0 aliphatic heterocycles. The van der Waals surface area contributed by atoms with E-state index in [1.807, 2.05) is 13.8 Å². The lowest BCUT2D eigenvalue weighted by atomic mass is 10.2. The minimum atomic E-state index is -0.329. The molecule has 0 aliphatic carbocycles. The molecule has 30 heavy (non-hydrogen) atoms. The zero-order valence-electron chi connectivity index (χ0n) is 17.2. The Morgan fingerprint density at radius 2 is 1.97 bits per heavy atom. The number of rotatable bonds is 10. The van der Waals surface area contributed by atoms with Crippen molar-refractivity contribution in [2.24, 2.45) is 4.99 Å². The van der Waals surface area contributed by atoms with Gasteiger partial charge in [0, 0.05) is 38.1 Å². The molecular weight excluding hydrogens is 500 g/mol. The summed E-state index contributed by atoms with van der Waals surface area (Å²) in [5, 5.41) is 9.15. The summed E-state index contributed by atoms with van der Waals surface area (Å²) in [5.41, 5.74) is 0.522. The Hall–Kier alpha value is -2.43. The fourth-order valence-corrected chi connectivity index (χ4v) is 2.47. The highest BCUT2D eigenvalue weighted by Gasteiger charge is 2.09. The maximum Gasteiger partial charge on any atom is 0.252 e. The Morgan fingerprint density at radius 3 is 2.63 bits per heavy atom. The van der Waals surface area contributed by atoms with Crippen LogP contribution >= 0.6 is 24.0 Å². The first-order chi connectivity index (χ1) is 14.1. The number of carbonyl (C=O) groups excluding carboxylic acids is 1. The van der Waals surface area contributed by atoms with Crippen LogP contribution in [0.5, 0.6) is 5.75 Å². The summed E-state index contributed by atoms with van der Waals surface area (Å²) in [5.74, 6) is 0.619. The molecule has 7 nitrogen and oxygen atoms in total. The lowest BCUT2D eigenvalue weighted by Crippen LogP contribution is -2.42. The third kappa shape index (κ3) is 9.38. The van der Waals surface area contributed by atoms with E-state index in [9.17, 15) is 9.18 Å². The standard InChI is InChI=1S/C21H28FN5O2.HI/c1-3-18(29-19-9-5-8-17(22)13-19)15-27-21(24-4-2)26-12-11-25-20(28)16-7-6-10-23-14-16;/h5-10,13-14,18H,3-4,11-12,15H2,1-2H3,(H,25,28)(H2,24,26,27);1H. The zero-order valence-corrected chi connectivity index (χ0v) is 19.6. The van der Waals surface area contributed by atoms with Crippen molar-refractivity contribution < 1.29 is 13.9 Å². The molecule has 2 aromatic rings. The number of carbonyl (C=O) groups is 1. The van der Waals surface area contributed by atoms with E-state index in [-0.39, 0.29) is 41.8 Å². The molecular formula is C21H29FIN5O2. The maximum atomic E-state index is 13.3. The normalized spacial score (nSPS) is 11.8. The molecule has 0 fully saturated rings. The molecule has 9 heteroatoms. The molecule has 0 bridgehead atoms. The van der Waals surface area contributed by atoms with E-state index in [2.05, 4.69) is 25.9 Å². The van der Waals surface area contributed by atoms with Gasteiger partial charge in [0.25, 0.3) is 5.91 Å². The van der Waals surface area contributed by atoms with Crippen LogP contribution in [0.3, 0.4) is 0 Å². The van der Waals surface area contributed by atoms with Gasteiger partial charge in [-0.25, -0.2) is 9.38 Å². The molecule has 1 unspecified atom stereocenters. The number of hydrogen-bond donors (Lipinski definition) is 3.